The third kappa shape index (κ3) is 6.56. The number of aryl methyl sites for hydroxylation is 1. The lowest BCUT2D eigenvalue weighted by Gasteiger charge is -2.16. The van der Waals surface area contributed by atoms with Crippen LogP contribution in [0.1, 0.15) is 18.1 Å². The lowest BCUT2D eigenvalue weighted by atomic mass is 10.2. The molecule has 0 bridgehead atoms. The summed E-state index contributed by atoms with van der Waals surface area (Å²) in [6.07, 6.45) is 0. The Morgan fingerprint density at radius 1 is 0.969 bits per heavy atom. The molecule has 0 unspecified atom stereocenters. The first-order valence-electron chi connectivity index (χ1n) is 10.3. The van der Waals surface area contributed by atoms with E-state index in [1.807, 2.05) is 68.4 Å². The van der Waals surface area contributed by atoms with Crippen LogP contribution >= 0.6 is 11.6 Å². The van der Waals surface area contributed by atoms with Crippen molar-refractivity contribution >= 4 is 28.9 Å². The molecule has 3 aromatic carbocycles. The van der Waals surface area contributed by atoms with Gasteiger partial charge in [0.2, 0.25) is 0 Å². The molecule has 1 amide bonds. The van der Waals surface area contributed by atoms with E-state index in [1.165, 1.54) is 0 Å². The first-order valence-corrected chi connectivity index (χ1v) is 10.7. The Hall–Kier alpha value is -3.38. The summed E-state index contributed by atoms with van der Waals surface area (Å²) >= 11 is 6.47. The molecule has 0 saturated carbocycles. The van der Waals surface area contributed by atoms with E-state index in [-0.39, 0.29) is 12.5 Å². The molecule has 0 aliphatic heterocycles. The third-order valence-corrected chi connectivity index (χ3v) is 4.92. The first kappa shape index (κ1) is 23.3. The molecule has 6 nitrogen and oxygen atoms in total. The molecule has 0 fully saturated rings. The topological polar surface area (TPSA) is 68.8 Å². The van der Waals surface area contributed by atoms with Gasteiger partial charge in [0.05, 0.1) is 18.7 Å². The Morgan fingerprint density at radius 2 is 1.66 bits per heavy atom. The van der Waals surface area contributed by atoms with Gasteiger partial charge in [0.1, 0.15) is 5.75 Å². The fourth-order valence-corrected chi connectivity index (χ4v) is 3.30. The van der Waals surface area contributed by atoms with Gasteiger partial charge in [-0.3, -0.25) is 4.79 Å². The Morgan fingerprint density at radius 3 is 2.31 bits per heavy atom. The van der Waals surface area contributed by atoms with Gasteiger partial charge in [0, 0.05) is 17.9 Å². The lowest BCUT2D eigenvalue weighted by Crippen LogP contribution is -2.20. The van der Waals surface area contributed by atoms with Crippen LogP contribution < -0.4 is 24.8 Å². The summed E-state index contributed by atoms with van der Waals surface area (Å²) in [6, 6.07) is 18.9. The van der Waals surface area contributed by atoms with Crippen LogP contribution in [0.3, 0.4) is 0 Å². The average molecular weight is 455 g/mol. The minimum atomic E-state index is -0.280. The van der Waals surface area contributed by atoms with Crippen molar-refractivity contribution in [3.63, 3.8) is 0 Å². The Balaban J connectivity index is 1.64. The summed E-state index contributed by atoms with van der Waals surface area (Å²) in [5.74, 6) is 1.36. The molecule has 0 radical (unpaired) electrons. The second-order valence-electron chi connectivity index (χ2n) is 7.12. The standard InChI is InChI=1S/C25H27ClN2O4/c1-4-31-23-14-18(15-27-19-9-11-21(30-3)12-10-19)13-22(26)25(23)32-16-24(29)28-20-7-5-17(2)6-8-20/h5-14,27H,4,15-16H2,1-3H3,(H,28,29). The number of hydrogen-bond acceptors (Lipinski definition) is 5. The fraction of sp³-hybridized carbons (Fsp3) is 0.240. The zero-order valence-electron chi connectivity index (χ0n) is 18.4. The number of hydrogen-bond donors (Lipinski definition) is 2. The van der Waals surface area contributed by atoms with Gasteiger partial charge in [-0.1, -0.05) is 29.3 Å². The number of carbonyl (C=O) groups excluding carboxylic acids is 1. The maximum atomic E-state index is 12.3. The van der Waals surface area contributed by atoms with Crippen LogP contribution in [-0.2, 0) is 11.3 Å². The van der Waals surface area contributed by atoms with E-state index in [0.717, 1.165) is 22.6 Å². The fourth-order valence-electron chi connectivity index (χ4n) is 3.01. The zero-order valence-corrected chi connectivity index (χ0v) is 19.2. The Kier molecular flexibility index (Phi) is 8.22. The molecule has 32 heavy (non-hydrogen) atoms. The van der Waals surface area contributed by atoms with Crippen molar-refractivity contribution in [3.05, 3.63) is 76.8 Å². The number of rotatable bonds is 10. The van der Waals surface area contributed by atoms with Gasteiger partial charge in [-0.2, -0.15) is 0 Å². The highest BCUT2D eigenvalue weighted by atomic mass is 35.5. The second-order valence-corrected chi connectivity index (χ2v) is 7.53. The molecule has 0 aromatic heterocycles. The number of ether oxygens (including phenoxy) is 3. The van der Waals surface area contributed by atoms with Crippen molar-refractivity contribution in [1.29, 1.82) is 0 Å². The van der Waals surface area contributed by atoms with Crippen molar-refractivity contribution in [2.45, 2.75) is 20.4 Å². The summed E-state index contributed by atoms with van der Waals surface area (Å²) in [7, 11) is 1.63. The summed E-state index contributed by atoms with van der Waals surface area (Å²) in [5, 5.41) is 6.52. The Bertz CT molecular complexity index is 1040. The highest BCUT2D eigenvalue weighted by Gasteiger charge is 2.15. The van der Waals surface area contributed by atoms with E-state index in [4.69, 9.17) is 25.8 Å². The molecule has 0 saturated heterocycles. The maximum Gasteiger partial charge on any atom is 0.262 e. The molecular formula is C25H27ClN2O4. The molecular weight excluding hydrogens is 428 g/mol. The van der Waals surface area contributed by atoms with Gasteiger partial charge >= 0.3 is 0 Å². The number of benzene rings is 3. The average Bonchev–Trinajstić information content (AvgIpc) is 2.79. The van der Waals surface area contributed by atoms with Gasteiger partial charge < -0.3 is 24.8 Å². The smallest absolute Gasteiger partial charge is 0.262 e. The highest BCUT2D eigenvalue weighted by molar-refractivity contribution is 6.32. The van der Waals surface area contributed by atoms with Crippen molar-refractivity contribution in [2.24, 2.45) is 0 Å². The Labute approximate surface area is 193 Å². The van der Waals surface area contributed by atoms with Crippen LogP contribution in [0, 0.1) is 6.92 Å². The predicted octanol–water partition coefficient (Wildman–Crippen LogP) is 5.69. The number of amides is 1. The molecule has 168 valence electrons. The zero-order chi connectivity index (χ0) is 22.9. The van der Waals surface area contributed by atoms with E-state index in [1.54, 1.807) is 13.2 Å². The first-order chi connectivity index (χ1) is 15.5. The predicted molar refractivity (Wildman–Crippen MR) is 128 cm³/mol. The molecule has 0 aliphatic rings. The van der Waals surface area contributed by atoms with Crippen molar-refractivity contribution in [2.75, 3.05) is 31.0 Å². The molecule has 0 spiro atoms. The molecule has 0 atom stereocenters. The molecule has 0 heterocycles. The van der Waals surface area contributed by atoms with E-state index < -0.39 is 0 Å². The van der Waals surface area contributed by atoms with Crippen molar-refractivity contribution < 1.29 is 19.0 Å². The monoisotopic (exact) mass is 454 g/mol. The van der Waals surface area contributed by atoms with Crippen LogP contribution in [0.5, 0.6) is 17.2 Å². The van der Waals surface area contributed by atoms with E-state index in [0.29, 0.717) is 35.4 Å². The molecule has 3 aromatic rings. The quantitative estimate of drug-likeness (QED) is 0.412. The molecule has 2 N–H and O–H groups in total. The van der Waals surface area contributed by atoms with Gasteiger partial charge in [-0.15, -0.1) is 0 Å². The normalized spacial score (nSPS) is 10.4. The largest absolute Gasteiger partial charge is 0.497 e. The second kappa shape index (κ2) is 11.3. The van der Waals surface area contributed by atoms with Gasteiger partial charge in [0.25, 0.3) is 5.91 Å². The SMILES string of the molecule is CCOc1cc(CNc2ccc(OC)cc2)cc(Cl)c1OCC(=O)Nc1ccc(C)cc1. The minimum absolute atomic E-state index is 0.183. The summed E-state index contributed by atoms with van der Waals surface area (Å²) < 4.78 is 16.6. The van der Waals surface area contributed by atoms with Crippen molar-refractivity contribution in [3.8, 4) is 17.2 Å². The van der Waals surface area contributed by atoms with Crippen LogP contribution in [0.2, 0.25) is 5.02 Å². The van der Waals surface area contributed by atoms with Gasteiger partial charge in [-0.05, 0) is 67.9 Å². The van der Waals surface area contributed by atoms with E-state index in [2.05, 4.69) is 10.6 Å². The third-order valence-electron chi connectivity index (χ3n) is 4.64. The number of carbonyl (C=O) groups is 1. The number of nitrogens with one attached hydrogen (secondary N) is 2. The highest BCUT2D eigenvalue weighted by Crippen LogP contribution is 2.37. The summed E-state index contributed by atoms with van der Waals surface area (Å²) in [6.45, 7) is 4.67. The molecule has 3 rings (SSSR count). The lowest BCUT2D eigenvalue weighted by molar-refractivity contribution is -0.118. The van der Waals surface area contributed by atoms with Crippen LogP contribution in [0.4, 0.5) is 11.4 Å². The van der Waals surface area contributed by atoms with Gasteiger partial charge in [-0.25, -0.2) is 0 Å². The van der Waals surface area contributed by atoms with Crippen molar-refractivity contribution in [1.82, 2.24) is 0 Å². The van der Waals surface area contributed by atoms with E-state index in [9.17, 15) is 4.79 Å². The maximum absolute atomic E-state index is 12.3. The van der Waals surface area contributed by atoms with Gasteiger partial charge in [0.15, 0.2) is 18.1 Å². The van der Waals surface area contributed by atoms with Crippen LogP contribution in [-0.4, -0.2) is 26.2 Å². The molecule has 0 aliphatic carbocycles. The molecule has 7 heteroatoms. The number of methoxy groups -OCH3 is 1. The van der Waals surface area contributed by atoms with Crippen LogP contribution in [0.15, 0.2) is 60.7 Å². The van der Waals surface area contributed by atoms with Crippen LogP contribution in [0.25, 0.3) is 0 Å². The number of halogens is 1. The summed E-state index contributed by atoms with van der Waals surface area (Å²) in [5.41, 5.74) is 3.70. The number of anilines is 2. The van der Waals surface area contributed by atoms with E-state index >= 15 is 0 Å². The summed E-state index contributed by atoms with van der Waals surface area (Å²) in [4.78, 5) is 12.3. The minimum Gasteiger partial charge on any atom is -0.497 e.